The van der Waals surface area contributed by atoms with Gasteiger partial charge in [-0.05, 0) is 18.8 Å². The fourth-order valence-corrected chi connectivity index (χ4v) is 2.71. The van der Waals surface area contributed by atoms with E-state index in [2.05, 4.69) is 5.32 Å². The Hall–Kier alpha value is -1.57. The summed E-state index contributed by atoms with van der Waals surface area (Å²) >= 11 is 0. The third-order valence-corrected chi connectivity index (χ3v) is 3.73. The summed E-state index contributed by atoms with van der Waals surface area (Å²) in [6, 6.07) is 1.44. The molecule has 0 aromatic heterocycles. The summed E-state index contributed by atoms with van der Waals surface area (Å²) < 4.78 is 0. The summed E-state index contributed by atoms with van der Waals surface area (Å²) in [7, 11) is 0. The van der Waals surface area contributed by atoms with E-state index in [9.17, 15) is 9.59 Å². The van der Waals surface area contributed by atoms with Crippen LogP contribution in [0.2, 0.25) is 0 Å². The van der Waals surface area contributed by atoms with Crippen LogP contribution in [0.15, 0.2) is 0 Å². The number of carbonyl (C=O) groups excluding carboxylic acids is 2. The summed E-state index contributed by atoms with van der Waals surface area (Å²) in [5.41, 5.74) is -0.730. The number of hydrogen-bond donors (Lipinski definition) is 1. The molecule has 2 fully saturated rings. The van der Waals surface area contributed by atoms with E-state index in [1.807, 2.05) is 13.0 Å². The van der Waals surface area contributed by atoms with Gasteiger partial charge in [-0.25, -0.2) is 9.69 Å². The Bertz CT molecular complexity index is 374. The van der Waals surface area contributed by atoms with Crippen LogP contribution in [0.1, 0.15) is 32.6 Å². The van der Waals surface area contributed by atoms with Crippen LogP contribution in [-0.4, -0.2) is 28.9 Å². The van der Waals surface area contributed by atoms with Gasteiger partial charge in [-0.2, -0.15) is 5.26 Å². The number of hydrogen-bond acceptors (Lipinski definition) is 3. The minimum atomic E-state index is -0.730. The molecule has 0 bridgehead atoms. The third-order valence-electron chi connectivity index (χ3n) is 3.73. The van der Waals surface area contributed by atoms with Crippen molar-refractivity contribution in [1.29, 1.82) is 5.26 Å². The van der Waals surface area contributed by atoms with Crippen molar-refractivity contribution in [2.75, 3.05) is 6.54 Å². The van der Waals surface area contributed by atoms with Crippen LogP contribution in [0.5, 0.6) is 0 Å². The van der Waals surface area contributed by atoms with Gasteiger partial charge in [0.25, 0.3) is 5.91 Å². The molecule has 86 valence electrons. The van der Waals surface area contributed by atoms with Gasteiger partial charge in [0.1, 0.15) is 12.1 Å². The lowest BCUT2D eigenvalue weighted by molar-refractivity contribution is -0.133. The first-order valence-corrected chi connectivity index (χ1v) is 5.63. The van der Waals surface area contributed by atoms with Crippen LogP contribution in [0, 0.1) is 17.2 Å². The zero-order valence-corrected chi connectivity index (χ0v) is 9.32. The minimum absolute atomic E-state index is 0.154. The molecule has 2 atom stereocenters. The number of nitrogens with zero attached hydrogens (tertiary/aromatic N) is 2. The summed E-state index contributed by atoms with van der Waals surface area (Å²) in [5, 5.41) is 11.4. The molecule has 1 aliphatic carbocycles. The Labute approximate surface area is 94.4 Å². The van der Waals surface area contributed by atoms with E-state index in [0.29, 0.717) is 6.42 Å². The van der Waals surface area contributed by atoms with Crippen LogP contribution < -0.4 is 5.32 Å². The number of nitriles is 1. The van der Waals surface area contributed by atoms with E-state index in [1.165, 1.54) is 0 Å². The van der Waals surface area contributed by atoms with E-state index >= 15 is 0 Å². The molecule has 16 heavy (non-hydrogen) atoms. The highest BCUT2D eigenvalue weighted by atomic mass is 16.2. The molecule has 1 aliphatic heterocycles. The van der Waals surface area contributed by atoms with Gasteiger partial charge in [0, 0.05) is 0 Å². The van der Waals surface area contributed by atoms with Gasteiger partial charge in [0.15, 0.2) is 0 Å². The average Bonchev–Trinajstić information content (AvgIpc) is 2.49. The van der Waals surface area contributed by atoms with Gasteiger partial charge in [0.2, 0.25) is 0 Å². The maximum absolute atomic E-state index is 12.2. The number of rotatable bonds is 1. The number of amides is 3. The molecule has 2 rings (SSSR count). The Morgan fingerprint density at radius 2 is 2.31 bits per heavy atom. The average molecular weight is 221 g/mol. The van der Waals surface area contributed by atoms with E-state index in [-0.39, 0.29) is 18.4 Å². The highest BCUT2D eigenvalue weighted by Crippen LogP contribution is 2.37. The predicted octanol–water partition coefficient (Wildman–Crippen LogP) is 1.01. The van der Waals surface area contributed by atoms with E-state index in [4.69, 9.17) is 5.26 Å². The molecule has 1 saturated carbocycles. The summed E-state index contributed by atoms with van der Waals surface area (Å²) in [5.74, 6) is -0.0624. The molecule has 3 amide bonds. The SMILES string of the molecule is C[C@@H]1CCCC[C@@]12NC(=O)N(CC#N)C2=O. The van der Waals surface area contributed by atoms with Crippen molar-refractivity contribution < 1.29 is 9.59 Å². The number of carbonyl (C=O) groups is 2. The standard InChI is InChI=1S/C11H15N3O2/c1-8-4-2-3-5-11(8)9(15)14(7-6-12)10(16)13-11/h8H,2-5,7H2,1H3,(H,13,16)/t8-,11-/m1/s1. The Kier molecular flexibility index (Phi) is 2.58. The zero-order valence-electron chi connectivity index (χ0n) is 9.32. The molecule has 5 nitrogen and oxygen atoms in total. The van der Waals surface area contributed by atoms with Crippen molar-refractivity contribution in [3.8, 4) is 6.07 Å². The monoisotopic (exact) mass is 221 g/mol. The van der Waals surface area contributed by atoms with Gasteiger partial charge in [-0.15, -0.1) is 0 Å². The number of imide groups is 1. The van der Waals surface area contributed by atoms with Crippen LogP contribution in [0.3, 0.4) is 0 Å². The van der Waals surface area contributed by atoms with Crippen LogP contribution in [0.4, 0.5) is 4.79 Å². The second-order valence-electron chi connectivity index (χ2n) is 4.60. The third kappa shape index (κ3) is 1.37. The fourth-order valence-electron chi connectivity index (χ4n) is 2.71. The first-order valence-electron chi connectivity index (χ1n) is 5.63. The van der Waals surface area contributed by atoms with E-state index in [0.717, 1.165) is 24.2 Å². The molecule has 0 radical (unpaired) electrons. The lowest BCUT2D eigenvalue weighted by Crippen LogP contribution is -2.53. The van der Waals surface area contributed by atoms with E-state index < -0.39 is 11.6 Å². The van der Waals surface area contributed by atoms with Gasteiger partial charge < -0.3 is 5.32 Å². The molecule has 0 aromatic rings. The Balaban J connectivity index is 2.27. The molecule has 2 aliphatic rings. The molecule has 0 aromatic carbocycles. The van der Waals surface area contributed by atoms with Crippen molar-refractivity contribution >= 4 is 11.9 Å². The van der Waals surface area contributed by atoms with Gasteiger partial charge in [-0.1, -0.05) is 19.8 Å². The topological polar surface area (TPSA) is 73.2 Å². The van der Waals surface area contributed by atoms with Gasteiger partial charge >= 0.3 is 6.03 Å². The minimum Gasteiger partial charge on any atom is -0.323 e. The summed E-state index contributed by atoms with van der Waals surface area (Å²) in [6.45, 7) is 1.84. The van der Waals surface area contributed by atoms with E-state index in [1.54, 1.807) is 0 Å². The first kappa shape index (κ1) is 10.9. The summed E-state index contributed by atoms with van der Waals surface area (Å²) in [6.07, 6.45) is 3.70. The molecule has 5 heteroatoms. The van der Waals surface area contributed by atoms with Crippen molar-refractivity contribution in [2.45, 2.75) is 38.1 Å². The molecule has 1 heterocycles. The number of nitrogens with one attached hydrogen (secondary N) is 1. The molecular weight excluding hydrogens is 206 g/mol. The lowest BCUT2D eigenvalue weighted by atomic mass is 9.73. The van der Waals surface area contributed by atoms with Gasteiger partial charge in [0.05, 0.1) is 6.07 Å². The zero-order chi connectivity index (χ0) is 11.8. The molecule has 0 unspecified atom stereocenters. The largest absolute Gasteiger partial charge is 0.325 e. The van der Waals surface area contributed by atoms with Crippen molar-refractivity contribution in [3.05, 3.63) is 0 Å². The fraction of sp³-hybridized carbons (Fsp3) is 0.727. The Morgan fingerprint density at radius 1 is 1.56 bits per heavy atom. The van der Waals surface area contributed by atoms with Crippen molar-refractivity contribution in [3.63, 3.8) is 0 Å². The molecule has 1 spiro atoms. The predicted molar refractivity (Wildman–Crippen MR) is 56.2 cm³/mol. The van der Waals surface area contributed by atoms with Crippen molar-refractivity contribution in [1.82, 2.24) is 10.2 Å². The maximum Gasteiger partial charge on any atom is 0.325 e. The highest BCUT2D eigenvalue weighted by molar-refractivity contribution is 6.07. The molecular formula is C11H15N3O2. The quantitative estimate of drug-likeness (QED) is 0.530. The van der Waals surface area contributed by atoms with Crippen LogP contribution in [0.25, 0.3) is 0 Å². The highest BCUT2D eigenvalue weighted by Gasteiger charge is 2.54. The Morgan fingerprint density at radius 3 is 2.94 bits per heavy atom. The number of urea groups is 1. The normalized spacial score (nSPS) is 34.0. The molecule has 1 saturated heterocycles. The molecule has 1 N–H and O–H groups in total. The lowest BCUT2D eigenvalue weighted by Gasteiger charge is -2.36. The smallest absolute Gasteiger partial charge is 0.323 e. The summed E-state index contributed by atoms with van der Waals surface area (Å²) in [4.78, 5) is 24.9. The van der Waals surface area contributed by atoms with Crippen LogP contribution >= 0.6 is 0 Å². The van der Waals surface area contributed by atoms with Crippen molar-refractivity contribution in [2.24, 2.45) is 5.92 Å². The first-order chi connectivity index (χ1) is 7.62. The van der Waals surface area contributed by atoms with Gasteiger partial charge in [-0.3, -0.25) is 4.79 Å². The van der Waals surface area contributed by atoms with Crippen LogP contribution in [-0.2, 0) is 4.79 Å². The second-order valence-corrected chi connectivity index (χ2v) is 4.60. The second kappa shape index (κ2) is 3.78. The maximum atomic E-state index is 12.2.